The zero-order valence-corrected chi connectivity index (χ0v) is 23.8. The summed E-state index contributed by atoms with van der Waals surface area (Å²) in [7, 11) is 1.45. The number of nitrogens with two attached hydrogens (primary N) is 1. The molecule has 3 atom stereocenters. The first kappa shape index (κ1) is 32.8. The Labute approximate surface area is 240 Å². The number of phenols is 1. The van der Waals surface area contributed by atoms with Gasteiger partial charge in [0.2, 0.25) is 29.5 Å². The Bertz CT molecular complexity index is 1190. The van der Waals surface area contributed by atoms with Gasteiger partial charge in [-0.05, 0) is 50.5 Å². The summed E-state index contributed by atoms with van der Waals surface area (Å²) >= 11 is 0. The summed E-state index contributed by atoms with van der Waals surface area (Å²) in [6.45, 7) is 4.41. The Morgan fingerprint density at radius 2 is 1.37 bits per heavy atom. The predicted octanol–water partition coefficient (Wildman–Crippen LogP) is -0.407. The van der Waals surface area contributed by atoms with Gasteiger partial charge in [-0.2, -0.15) is 0 Å². The molecule has 41 heavy (non-hydrogen) atoms. The first-order valence-electron chi connectivity index (χ1n) is 13.4. The smallest absolute Gasteiger partial charge is 0.243 e. The molecule has 222 valence electrons. The minimum absolute atomic E-state index is 0.0884. The Balaban J connectivity index is 1.94. The van der Waals surface area contributed by atoms with Crippen LogP contribution in [0.15, 0.2) is 54.6 Å². The van der Waals surface area contributed by atoms with E-state index in [1.807, 2.05) is 30.3 Å². The summed E-state index contributed by atoms with van der Waals surface area (Å²) in [5, 5.41) is 19.7. The van der Waals surface area contributed by atoms with Crippen LogP contribution < -0.4 is 27.0 Å². The van der Waals surface area contributed by atoms with E-state index in [0.717, 1.165) is 11.1 Å². The Hall–Kier alpha value is -4.45. The molecule has 0 spiro atoms. The summed E-state index contributed by atoms with van der Waals surface area (Å²) < 4.78 is 0. The van der Waals surface area contributed by atoms with E-state index < -0.39 is 48.3 Å². The van der Waals surface area contributed by atoms with Crippen molar-refractivity contribution in [1.82, 2.24) is 26.2 Å². The zero-order chi connectivity index (χ0) is 30.5. The summed E-state index contributed by atoms with van der Waals surface area (Å²) in [4.78, 5) is 64.3. The number of nitrogens with one attached hydrogen (secondary N) is 4. The van der Waals surface area contributed by atoms with E-state index in [4.69, 9.17) is 5.73 Å². The van der Waals surface area contributed by atoms with Crippen LogP contribution in [0.4, 0.5) is 0 Å². The van der Waals surface area contributed by atoms with E-state index in [2.05, 4.69) is 21.3 Å². The Kier molecular flexibility index (Phi) is 12.8. The van der Waals surface area contributed by atoms with E-state index in [9.17, 15) is 29.1 Å². The number of hydrogen-bond donors (Lipinski definition) is 6. The van der Waals surface area contributed by atoms with Crippen molar-refractivity contribution in [3.05, 3.63) is 65.7 Å². The average Bonchev–Trinajstić information content (AvgIpc) is 2.94. The molecule has 0 aliphatic rings. The lowest BCUT2D eigenvalue weighted by molar-refractivity contribution is -0.139. The topological polar surface area (TPSA) is 183 Å². The standard InChI is InChI=1S/C29H40N6O6/c1-18(2)33-25(37)16-31-29(41)24(15-20-8-6-5-7-9-20)35(4)26(38)17-32-27(39)19(3)34-28(40)23(30)14-21-10-12-22(36)13-11-21/h5-13,18-19,23-24,36H,14-17,30H2,1-4H3,(H,31,41)(H,32,39)(H,33,37)(H,34,40)/t19-,23+,24-/m1/s1. The van der Waals surface area contributed by atoms with E-state index in [-0.39, 0.29) is 37.1 Å². The molecule has 0 saturated heterocycles. The fraction of sp³-hybridized carbons (Fsp3) is 0.414. The molecular formula is C29H40N6O6. The summed E-state index contributed by atoms with van der Waals surface area (Å²) in [6.07, 6.45) is 0.397. The van der Waals surface area contributed by atoms with Crippen molar-refractivity contribution in [3.63, 3.8) is 0 Å². The second-order valence-corrected chi connectivity index (χ2v) is 10.1. The van der Waals surface area contributed by atoms with Gasteiger partial charge in [0.15, 0.2) is 0 Å². The van der Waals surface area contributed by atoms with Gasteiger partial charge in [0, 0.05) is 19.5 Å². The fourth-order valence-electron chi connectivity index (χ4n) is 3.88. The van der Waals surface area contributed by atoms with Gasteiger partial charge in [-0.15, -0.1) is 0 Å². The first-order valence-corrected chi connectivity index (χ1v) is 13.4. The van der Waals surface area contributed by atoms with Crippen molar-refractivity contribution < 1.29 is 29.1 Å². The van der Waals surface area contributed by atoms with Gasteiger partial charge in [-0.3, -0.25) is 24.0 Å². The van der Waals surface area contributed by atoms with Gasteiger partial charge in [0.05, 0.1) is 19.1 Å². The van der Waals surface area contributed by atoms with Crippen LogP contribution in [0.25, 0.3) is 0 Å². The van der Waals surface area contributed by atoms with Crippen molar-refractivity contribution in [1.29, 1.82) is 0 Å². The Morgan fingerprint density at radius 1 is 0.780 bits per heavy atom. The van der Waals surface area contributed by atoms with Crippen LogP contribution >= 0.6 is 0 Å². The second kappa shape index (κ2) is 16.0. The largest absolute Gasteiger partial charge is 0.508 e. The maximum absolute atomic E-state index is 13.0. The molecule has 12 heteroatoms. The van der Waals surface area contributed by atoms with Crippen LogP contribution in [0, 0.1) is 0 Å². The van der Waals surface area contributed by atoms with E-state index in [1.54, 1.807) is 26.0 Å². The van der Waals surface area contributed by atoms with Crippen LogP contribution in [-0.4, -0.2) is 83.8 Å². The van der Waals surface area contributed by atoms with Crippen LogP contribution in [-0.2, 0) is 36.8 Å². The van der Waals surface area contributed by atoms with Gasteiger partial charge in [-0.1, -0.05) is 42.5 Å². The molecule has 12 nitrogen and oxygen atoms in total. The number of amides is 5. The van der Waals surface area contributed by atoms with Gasteiger partial charge in [-0.25, -0.2) is 0 Å². The molecule has 5 amide bonds. The summed E-state index contributed by atoms with van der Waals surface area (Å²) in [6, 6.07) is 12.4. The number of nitrogens with zero attached hydrogens (tertiary/aromatic N) is 1. The molecule has 0 aliphatic heterocycles. The van der Waals surface area contributed by atoms with Crippen molar-refractivity contribution in [2.24, 2.45) is 5.73 Å². The SMILES string of the molecule is CC(C)NC(=O)CNC(=O)[C@@H](Cc1ccccc1)N(C)C(=O)CNC(=O)[C@@H](C)NC(=O)[C@@H](N)Cc1ccc(O)cc1. The highest BCUT2D eigenvalue weighted by molar-refractivity contribution is 5.94. The number of aromatic hydroxyl groups is 1. The molecule has 7 N–H and O–H groups in total. The molecule has 0 radical (unpaired) electrons. The maximum atomic E-state index is 13.0. The third-order valence-corrected chi connectivity index (χ3v) is 6.20. The molecule has 0 fully saturated rings. The molecule has 0 saturated carbocycles. The van der Waals surface area contributed by atoms with Crippen molar-refractivity contribution in [3.8, 4) is 5.75 Å². The molecule has 0 aromatic heterocycles. The van der Waals surface area contributed by atoms with E-state index >= 15 is 0 Å². The van der Waals surface area contributed by atoms with Crippen LogP contribution in [0.3, 0.4) is 0 Å². The highest BCUT2D eigenvalue weighted by Crippen LogP contribution is 2.11. The third-order valence-electron chi connectivity index (χ3n) is 6.20. The average molecular weight is 569 g/mol. The minimum Gasteiger partial charge on any atom is -0.508 e. The van der Waals surface area contributed by atoms with Gasteiger partial charge in [0.1, 0.15) is 17.8 Å². The lowest BCUT2D eigenvalue weighted by atomic mass is 10.0. The maximum Gasteiger partial charge on any atom is 0.243 e. The van der Waals surface area contributed by atoms with E-state index in [1.165, 1.54) is 31.0 Å². The van der Waals surface area contributed by atoms with Crippen molar-refractivity contribution in [2.45, 2.75) is 57.8 Å². The minimum atomic E-state index is -0.977. The molecule has 2 rings (SSSR count). The van der Waals surface area contributed by atoms with Crippen LogP contribution in [0.2, 0.25) is 0 Å². The van der Waals surface area contributed by atoms with Gasteiger partial charge >= 0.3 is 0 Å². The van der Waals surface area contributed by atoms with Crippen LogP contribution in [0.1, 0.15) is 31.9 Å². The summed E-state index contributed by atoms with van der Waals surface area (Å²) in [5.74, 6) is -2.47. The highest BCUT2D eigenvalue weighted by atomic mass is 16.3. The molecular weight excluding hydrogens is 528 g/mol. The predicted molar refractivity (Wildman–Crippen MR) is 153 cm³/mol. The number of benzene rings is 2. The molecule has 2 aromatic rings. The van der Waals surface area contributed by atoms with Gasteiger partial charge in [0.25, 0.3) is 0 Å². The fourth-order valence-corrected chi connectivity index (χ4v) is 3.88. The molecule has 0 unspecified atom stereocenters. The number of likely N-dealkylation sites (N-methyl/N-ethyl adjacent to an activating group) is 1. The molecule has 2 aromatic carbocycles. The molecule has 0 bridgehead atoms. The summed E-state index contributed by atoms with van der Waals surface area (Å²) in [5.41, 5.74) is 7.51. The lowest BCUT2D eigenvalue weighted by Crippen LogP contribution is -2.54. The van der Waals surface area contributed by atoms with Crippen molar-refractivity contribution >= 4 is 29.5 Å². The Morgan fingerprint density at radius 3 is 1.98 bits per heavy atom. The zero-order valence-electron chi connectivity index (χ0n) is 23.8. The molecule has 0 heterocycles. The quantitative estimate of drug-likeness (QED) is 0.179. The van der Waals surface area contributed by atoms with E-state index in [0.29, 0.717) is 0 Å². The third kappa shape index (κ3) is 11.3. The van der Waals surface area contributed by atoms with Crippen molar-refractivity contribution in [2.75, 3.05) is 20.1 Å². The monoisotopic (exact) mass is 568 g/mol. The first-order chi connectivity index (χ1) is 19.4. The number of carbonyl (C=O) groups is 5. The number of rotatable bonds is 14. The molecule has 0 aliphatic carbocycles. The lowest BCUT2D eigenvalue weighted by Gasteiger charge is -2.28. The second-order valence-electron chi connectivity index (χ2n) is 10.1. The van der Waals surface area contributed by atoms with Gasteiger partial charge < -0.3 is 37.0 Å². The normalized spacial score (nSPS) is 12.9. The highest BCUT2D eigenvalue weighted by Gasteiger charge is 2.28. The number of phenolic OH excluding ortho intramolecular Hbond substituents is 1. The number of carbonyl (C=O) groups excluding carboxylic acids is 5. The van der Waals surface area contributed by atoms with Crippen LogP contribution in [0.5, 0.6) is 5.75 Å². The number of hydrogen-bond acceptors (Lipinski definition) is 7.